The van der Waals surface area contributed by atoms with Gasteiger partial charge < -0.3 is 5.32 Å². The van der Waals surface area contributed by atoms with Gasteiger partial charge in [0.2, 0.25) is 0 Å². The number of carbonyl (C=O) groups excluding carboxylic acids is 2. The Morgan fingerprint density at radius 2 is 1.28 bits per heavy atom. The lowest BCUT2D eigenvalue weighted by Crippen LogP contribution is -2.13. The minimum absolute atomic E-state index is 0.0520. The van der Waals surface area contributed by atoms with Crippen LogP contribution >= 0.6 is 0 Å². The minimum Gasteiger partial charge on any atom is -0.322 e. The maximum atomic E-state index is 12.4. The van der Waals surface area contributed by atoms with E-state index in [1.165, 1.54) is 0 Å². The van der Waals surface area contributed by atoms with E-state index in [0.717, 1.165) is 17.7 Å². The summed E-state index contributed by atoms with van der Waals surface area (Å²) >= 11 is 0. The van der Waals surface area contributed by atoms with Crippen molar-refractivity contribution in [2.45, 2.75) is 13.3 Å². The molecule has 3 heteroatoms. The molecule has 0 aliphatic rings. The van der Waals surface area contributed by atoms with Gasteiger partial charge in [0.1, 0.15) is 0 Å². The van der Waals surface area contributed by atoms with Gasteiger partial charge in [-0.2, -0.15) is 0 Å². The first-order valence-corrected chi connectivity index (χ1v) is 8.28. The first-order chi connectivity index (χ1) is 12.2. The highest BCUT2D eigenvalue weighted by Crippen LogP contribution is 2.17. The summed E-state index contributed by atoms with van der Waals surface area (Å²) in [6.07, 6.45) is 0.848. The zero-order chi connectivity index (χ0) is 17.6. The molecule has 0 aromatic heterocycles. The van der Waals surface area contributed by atoms with Gasteiger partial charge in [-0.25, -0.2) is 0 Å². The van der Waals surface area contributed by atoms with Crippen molar-refractivity contribution in [3.63, 3.8) is 0 Å². The van der Waals surface area contributed by atoms with Crippen molar-refractivity contribution < 1.29 is 9.59 Å². The quantitative estimate of drug-likeness (QED) is 0.688. The van der Waals surface area contributed by atoms with E-state index in [1.54, 1.807) is 36.4 Å². The Morgan fingerprint density at radius 1 is 0.720 bits per heavy atom. The third kappa shape index (κ3) is 3.83. The smallest absolute Gasteiger partial charge is 0.255 e. The van der Waals surface area contributed by atoms with Gasteiger partial charge in [-0.15, -0.1) is 0 Å². The number of aryl methyl sites for hydroxylation is 1. The molecular weight excluding hydrogens is 310 g/mol. The SMILES string of the molecule is CCc1ccccc1NC(=O)c1ccc(C(=O)c2ccccc2)cc1. The molecule has 3 rings (SSSR count). The second-order valence-electron chi connectivity index (χ2n) is 5.74. The molecule has 1 amide bonds. The molecule has 0 saturated carbocycles. The van der Waals surface area contributed by atoms with Crippen LogP contribution in [-0.2, 0) is 6.42 Å². The number of hydrogen-bond donors (Lipinski definition) is 1. The van der Waals surface area contributed by atoms with Crippen LogP contribution in [0.2, 0.25) is 0 Å². The molecule has 0 atom stereocenters. The zero-order valence-corrected chi connectivity index (χ0v) is 14.0. The Morgan fingerprint density at radius 3 is 1.96 bits per heavy atom. The number of nitrogens with one attached hydrogen (secondary N) is 1. The van der Waals surface area contributed by atoms with Crippen LogP contribution < -0.4 is 5.32 Å². The maximum absolute atomic E-state index is 12.4. The largest absolute Gasteiger partial charge is 0.322 e. The molecule has 124 valence electrons. The Hall–Kier alpha value is -3.20. The third-order valence-corrected chi connectivity index (χ3v) is 4.09. The summed E-state index contributed by atoms with van der Waals surface area (Å²) in [7, 11) is 0. The zero-order valence-electron chi connectivity index (χ0n) is 14.0. The molecule has 0 bridgehead atoms. The molecule has 0 spiro atoms. The Bertz CT molecular complexity index is 883. The van der Waals surface area contributed by atoms with Gasteiger partial charge in [0, 0.05) is 22.4 Å². The van der Waals surface area contributed by atoms with Crippen molar-refractivity contribution in [3.05, 3.63) is 101 Å². The number of hydrogen-bond acceptors (Lipinski definition) is 2. The highest BCUT2D eigenvalue weighted by Gasteiger charge is 2.11. The standard InChI is InChI=1S/C22H19NO2/c1-2-16-8-6-7-11-20(16)23-22(25)19-14-12-18(13-15-19)21(24)17-9-4-3-5-10-17/h3-15H,2H2,1H3,(H,23,25). The number of ketones is 1. The van der Waals surface area contributed by atoms with Crippen molar-refractivity contribution in [1.29, 1.82) is 0 Å². The van der Waals surface area contributed by atoms with E-state index in [2.05, 4.69) is 12.2 Å². The van der Waals surface area contributed by atoms with Crippen LogP contribution in [-0.4, -0.2) is 11.7 Å². The molecule has 0 unspecified atom stereocenters. The van der Waals surface area contributed by atoms with Crippen LogP contribution in [0.1, 0.15) is 38.8 Å². The second kappa shape index (κ2) is 7.58. The number of anilines is 1. The summed E-state index contributed by atoms with van der Waals surface area (Å²) in [4.78, 5) is 24.8. The van der Waals surface area contributed by atoms with Crippen LogP contribution in [0.4, 0.5) is 5.69 Å². The molecule has 0 radical (unpaired) electrons. The fourth-order valence-electron chi connectivity index (χ4n) is 2.67. The molecule has 0 heterocycles. The number of benzene rings is 3. The molecule has 3 aromatic carbocycles. The first kappa shape index (κ1) is 16.7. The lowest BCUT2D eigenvalue weighted by molar-refractivity contribution is 0.102. The summed E-state index contributed by atoms with van der Waals surface area (Å²) in [6.45, 7) is 2.05. The van der Waals surface area contributed by atoms with Crippen LogP contribution in [0.15, 0.2) is 78.9 Å². The maximum Gasteiger partial charge on any atom is 0.255 e. The molecule has 0 aliphatic carbocycles. The van der Waals surface area contributed by atoms with E-state index in [9.17, 15) is 9.59 Å². The fourth-order valence-corrected chi connectivity index (χ4v) is 2.67. The van der Waals surface area contributed by atoms with Gasteiger partial charge in [-0.3, -0.25) is 9.59 Å². The molecular formula is C22H19NO2. The monoisotopic (exact) mass is 329 g/mol. The van der Waals surface area contributed by atoms with E-state index >= 15 is 0 Å². The molecule has 3 nitrogen and oxygen atoms in total. The van der Waals surface area contributed by atoms with Crippen LogP contribution in [0.5, 0.6) is 0 Å². The van der Waals surface area contributed by atoms with Crippen molar-refractivity contribution in [1.82, 2.24) is 0 Å². The average molecular weight is 329 g/mol. The van der Waals surface area contributed by atoms with E-state index < -0.39 is 0 Å². The third-order valence-electron chi connectivity index (χ3n) is 4.09. The Balaban J connectivity index is 1.76. The van der Waals surface area contributed by atoms with Gasteiger partial charge in [0.05, 0.1) is 0 Å². The average Bonchev–Trinajstić information content (AvgIpc) is 2.68. The van der Waals surface area contributed by atoms with Gasteiger partial charge in [-0.05, 0) is 30.2 Å². The van der Waals surface area contributed by atoms with E-state index in [4.69, 9.17) is 0 Å². The molecule has 0 saturated heterocycles. The number of amides is 1. The molecule has 1 N–H and O–H groups in total. The summed E-state index contributed by atoms with van der Waals surface area (Å²) in [5.41, 5.74) is 3.63. The molecule has 3 aromatic rings. The summed E-state index contributed by atoms with van der Waals surface area (Å²) in [5.74, 6) is -0.233. The summed E-state index contributed by atoms with van der Waals surface area (Å²) in [6, 6.07) is 23.6. The van der Waals surface area contributed by atoms with Crippen molar-refractivity contribution >= 4 is 17.4 Å². The first-order valence-electron chi connectivity index (χ1n) is 8.28. The summed E-state index contributed by atoms with van der Waals surface area (Å²) in [5, 5.41) is 2.93. The molecule has 25 heavy (non-hydrogen) atoms. The lowest BCUT2D eigenvalue weighted by Gasteiger charge is -2.10. The number of carbonyl (C=O) groups is 2. The highest BCUT2D eigenvalue weighted by molar-refractivity contribution is 6.10. The Labute approximate surface area is 147 Å². The van der Waals surface area contributed by atoms with Gasteiger partial charge in [-0.1, -0.05) is 67.6 Å². The van der Waals surface area contributed by atoms with Gasteiger partial charge in [0.15, 0.2) is 5.78 Å². The van der Waals surface area contributed by atoms with E-state index in [-0.39, 0.29) is 11.7 Å². The Kier molecular flexibility index (Phi) is 5.05. The minimum atomic E-state index is -0.181. The van der Waals surface area contributed by atoms with Crippen LogP contribution in [0, 0.1) is 0 Å². The van der Waals surface area contributed by atoms with Crippen molar-refractivity contribution in [3.8, 4) is 0 Å². The van der Waals surface area contributed by atoms with Gasteiger partial charge in [0.25, 0.3) is 5.91 Å². The van der Waals surface area contributed by atoms with E-state index in [0.29, 0.717) is 16.7 Å². The highest BCUT2D eigenvalue weighted by atomic mass is 16.1. The normalized spacial score (nSPS) is 10.3. The predicted molar refractivity (Wildman–Crippen MR) is 100 cm³/mol. The van der Waals surface area contributed by atoms with E-state index in [1.807, 2.05) is 42.5 Å². The second-order valence-corrected chi connectivity index (χ2v) is 5.74. The van der Waals surface area contributed by atoms with Gasteiger partial charge >= 0.3 is 0 Å². The van der Waals surface area contributed by atoms with Crippen LogP contribution in [0.3, 0.4) is 0 Å². The topological polar surface area (TPSA) is 46.2 Å². The molecule has 0 fully saturated rings. The van der Waals surface area contributed by atoms with Crippen molar-refractivity contribution in [2.75, 3.05) is 5.32 Å². The van der Waals surface area contributed by atoms with Crippen molar-refractivity contribution in [2.24, 2.45) is 0 Å². The predicted octanol–water partition coefficient (Wildman–Crippen LogP) is 4.73. The molecule has 0 aliphatic heterocycles. The van der Waals surface area contributed by atoms with Crippen LogP contribution in [0.25, 0.3) is 0 Å². The summed E-state index contributed by atoms with van der Waals surface area (Å²) < 4.78 is 0. The fraction of sp³-hybridized carbons (Fsp3) is 0.0909. The lowest BCUT2D eigenvalue weighted by atomic mass is 10.0. The number of rotatable bonds is 5. The number of para-hydroxylation sites is 1.